The molecule has 2 heteroatoms. The van der Waals surface area contributed by atoms with E-state index in [0.29, 0.717) is 0 Å². The fourth-order valence-electron chi connectivity index (χ4n) is 0.0873. The van der Waals surface area contributed by atoms with Crippen molar-refractivity contribution >= 4 is 5.94 Å². The summed E-state index contributed by atoms with van der Waals surface area (Å²) in [4.78, 5) is 9.23. The lowest BCUT2D eigenvalue weighted by Gasteiger charge is -1.54. The van der Waals surface area contributed by atoms with Crippen LogP contribution in [-0.4, -0.2) is 5.94 Å². The Morgan fingerprint density at radius 3 is 2.67 bits per heavy atom. The van der Waals surface area contributed by atoms with Gasteiger partial charge in [-0.1, -0.05) is 0 Å². The second kappa shape index (κ2) is 3.94. The topological polar surface area (TPSA) is 40.9 Å². The van der Waals surface area contributed by atoms with Crippen molar-refractivity contribution in [2.75, 3.05) is 0 Å². The second-order valence-corrected chi connectivity index (χ2v) is 0.684. The van der Waals surface area contributed by atoms with E-state index in [1.54, 1.807) is 6.07 Å². The molecule has 0 saturated heterocycles. The maximum atomic E-state index is 9.23. The van der Waals surface area contributed by atoms with Crippen LogP contribution in [0.1, 0.15) is 6.42 Å². The van der Waals surface area contributed by atoms with Gasteiger partial charge in [0.15, 0.2) is 0 Å². The maximum Gasteiger partial charge on any atom is 0.121 e. The lowest BCUT2D eigenvalue weighted by Crippen LogP contribution is -1.52. The van der Waals surface area contributed by atoms with Crippen LogP contribution in [0.4, 0.5) is 0 Å². The minimum absolute atomic E-state index is 0.170. The van der Waals surface area contributed by atoms with Crippen LogP contribution in [0.5, 0.6) is 0 Å². The second-order valence-electron chi connectivity index (χ2n) is 0.684. The van der Waals surface area contributed by atoms with E-state index in [1.165, 1.54) is 5.94 Å². The number of rotatable bonds is 1. The van der Waals surface area contributed by atoms with Crippen molar-refractivity contribution in [2.45, 2.75) is 6.42 Å². The minimum atomic E-state index is 0.170. The molecule has 0 aromatic rings. The summed E-state index contributed by atoms with van der Waals surface area (Å²) in [6.45, 7) is 0. The highest BCUT2D eigenvalue weighted by atomic mass is 16.1. The SMILES string of the molecule is N#CCC=C=O. The van der Waals surface area contributed by atoms with E-state index in [4.69, 9.17) is 5.26 Å². The first kappa shape index (κ1) is 4.94. The van der Waals surface area contributed by atoms with E-state index in [2.05, 4.69) is 0 Å². The van der Waals surface area contributed by atoms with Gasteiger partial charge in [0, 0.05) is 6.08 Å². The van der Waals surface area contributed by atoms with Gasteiger partial charge in [-0.15, -0.1) is 0 Å². The molecule has 0 aromatic carbocycles. The van der Waals surface area contributed by atoms with Crippen LogP contribution in [0, 0.1) is 11.3 Å². The third-order valence-corrected chi connectivity index (χ3v) is 0.277. The number of nitrogens with zero attached hydrogens (tertiary/aromatic N) is 1. The molecule has 0 spiro atoms. The van der Waals surface area contributed by atoms with Crippen molar-refractivity contribution < 1.29 is 4.79 Å². The zero-order valence-corrected chi connectivity index (χ0v) is 3.14. The summed E-state index contributed by atoms with van der Waals surface area (Å²) >= 11 is 0. The highest BCUT2D eigenvalue weighted by Crippen LogP contribution is 1.66. The van der Waals surface area contributed by atoms with E-state index < -0.39 is 0 Å². The molecule has 2 nitrogen and oxygen atoms in total. The van der Waals surface area contributed by atoms with E-state index in [0.717, 1.165) is 6.08 Å². The molecule has 0 aromatic heterocycles. The standard InChI is InChI=1S/C4H3NO/c5-3-1-2-4-6/h2H,1H2. The lowest BCUT2D eigenvalue weighted by atomic mass is 10.5. The molecule has 0 bridgehead atoms. The van der Waals surface area contributed by atoms with E-state index >= 15 is 0 Å². The molecule has 0 aliphatic carbocycles. The fourth-order valence-corrected chi connectivity index (χ4v) is 0.0873. The van der Waals surface area contributed by atoms with E-state index in [9.17, 15) is 4.79 Å². The lowest BCUT2D eigenvalue weighted by molar-refractivity contribution is 0.568. The molecule has 30 valence electrons. The molecule has 0 radical (unpaired) electrons. The van der Waals surface area contributed by atoms with Crippen molar-refractivity contribution in [3.63, 3.8) is 0 Å². The van der Waals surface area contributed by atoms with Gasteiger partial charge in [-0.05, 0) is 0 Å². The zero-order valence-electron chi connectivity index (χ0n) is 3.14. The molecule has 0 aliphatic rings. The highest BCUT2D eigenvalue weighted by Gasteiger charge is 1.62. The predicted octanol–water partition coefficient (Wildman–Crippen LogP) is 0.288. The molecule has 0 unspecified atom stereocenters. The fraction of sp³-hybridized carbons (Fsp3) is 0.250. The Kier molecular flexibility index (Phi) is 3.24. The van der Waals surface area contributed by atoms with Crippen LogP contribution in [0.25, 0.3) is 0 Å². The summed E-state index contributed by atoms with van der Waals surface area (Å²) < 4.78 is 0. The number of allylic oxidation sites excluding steroid dienone is 1. The Balaban J connectivity index is 3.16. The predicted molar refractivity (Wildman–Crippen MR) is 20.5 cm³/mol. The summed E-state index contributed by atoms with van der Waals surface area (Å²) in [6, 6.07) is 1.75. The van der Waals surface area contributed by atoms with Crippen molar-refractivity contribution in [3.8, 4) is 6.07 Å². The highest BCUT2D eigenvalue weighted by molar-refractivity contribution is 5.45. The van der Waals surface area contributed by atoms with Gasteiger partial charge in [-0.25, -0.2) is 4.79 Å². The molecular weight excluding hydrogens is 78.0 g/mol. The first-order valence-electron chi connectivity index (χ1n) is 1.48. The van der Waals surface area contributed by atoms with Gasteiger partial charge < -0.3 is 0 Å². The first-order valence-corrected chi connectivity index (χ1v) is 1.48. The van der Waals surface area contributed by atoms with Gasteiger partial charge in [-0.2, -0.15) is 5.26 Å². The summed E-state index contributed by atoms with van der Waals surface area (Å²) in [5.74, 6) is 1.47. The average molecular weight is 81.1 g/mol. The van der Waals surface area contributed by atoms with Crippen LogP contribution >= 0.6 is 0 Å². The van der Waals surface area contributed by atoms with Gasteiger partial charge in [0.25, 0.3) is 0 Å². The molecule has 0 amide bonds. The summed E-state index contributed by atoms with van der Waals surface area (Å²) in [7, 11) is 0. The number of hydrogen-bond donors (Lipinski definition) is 0. The smallest absolute Gasteiger partial charge is 0.121 e. The van der Waals surface area contributed by atoms with Crippen molar-refractivity contribution in [1.82, 2.24) is 0 Å². The van der Waals surface area contributed by atoms with Gasteiger partial charge in [0.2, 0.25) is 0 Å². The summed E-state index contributed by atoms with van der Waals surface area (Å²) in [5.41, 5.74) is 0. The van der Waals surface area contributed by atoms with Gasteiger partial charge in [0.1, 0.15) is 5.94 Å². The molecule has 0 saturated carbocycles. The van der Waals surface area contributed by atoms with Crippen LogP contribution in [0.3, 0.4) is 0 Å². The molecule has 0 aliphatic heterocycles. The van der Waals surface area contributed by atoms with Gasteiger partial charge in [-0.3, -0.25) is 0 Å². The largest absolute Gasteiger partial charge is 0.234 e. The van der Waals surface area contributed by atoms with E-state index in [-0.39, 0.29) is 6.42 Å². The van der Waals surface area contributed by atoms with Gasteiger partial charge >= 0.3 is 0 Å². The number of nitriles is 1. The Morgan fingerprint density at radius 1 is 1.83 bits per heavy atom. The monoisotopic (exact) mass is 81.0 g/mol. The molecule has 0 N–H and O–H groups in total. The van der Waals surface area contributed by atoms with Crippen molar-refractivity contribution in [2.24, 2.45) is 0 Å². The average Bonchev–Trinajstić information content (AvgIpc) is 1.61. The molecular formula is C4H3NO. The van der Waals surface area contributed by atoms with Gasteiger partial charge in [0.05, 0.1) is 12.5 Å². The summed E-state index contributed by atoms with van der Waals surface area (Å²) in [6.07, 6.45) is 1.31. The zero-order chi connectivity index (χ0) is 4.83. The molecule has 0 fully saturated rings. The number of carbonyl (C=O) groups excluding carboxylic acids is 1. The van der Waals surface area contributed by atoms with Crippen LogP contribution < -0.4 is 0 Å². The number of hydrogen-bond acceptors (Lipinski definition) is 2. The Morgan fingerprint density at radius 2 is 2.50 bits per heavy atom. The van der Waals surface area contributed by atoms with Crippen LogP contribution in [-0.2, 0) is 4.79 Å². The molecule has 0 atom stereocenters. The minimum Gasteiger partial charge on any atom is -0.234 e. The molecule has 0 heterocycles. The maximum absolute atomic E-state index is 9.23. The Labute approximate surface area is 35.7 Å². The van der Waals surface area contributed by atoms with Crippen molar-refractivity contribution in [1.29, 1.82) is 5.26 Å². The quantitative estimate of drug-likeness (QED) is 0.425. The third kappa shape index (κ3) is 2.94. The Bertz CT molecular complexity index is 105. The Hall–Kier alpha value is -1.06. The molecule has 0 rings (SSSR count). The normalized spacial score (nSPS) is 5.17. The first-order chi connectivity index (χ1) is 2.91. The van der Waals surface area contributed by atoms with Crippen LogP contribution in [0.2, 0.25) is 0 Å². The van der Waals surface area contributed by atoms with E-state index in [1.807, 2.05) is 0 Å². The summed E-state index contributed by atoms with van der Waals surface area (Å²) in [5, 5.41) is 7.74. The van der Waals surface area contributed by atoms with Crippen molar-refractivity contribution in [3.05, 3.63) is 6.08 Å². The molecule has 6 heavy (non-hydrogen) atoms. The van der Waals surface area contributed by atoms with Crippen LogP contribution in [0.15, 0.2) is 6.08 Å². The third-order valence-electron chi connectivity index (χ3n) is 0.277.